The van der Waals surface area contributed by atoms with E-state index in [9.17, 15) is 24.0 Å². The molecule has 2 unspecified atom stereocenters. The summed E-state index contributed by atoms with van der Waals surface area (Å²) < 4.78 is 39.5. The molecule has 0 spiro atoms. The van der Waals surface area contributed by atoms with Crippen LogP contribution in [0.4, 0.5) is 0 Å². The van der Waals surface area contributed by atoms with E-state index in [1.54, 1.807) is 6.92 Å². The van der Waals surface area contributed by atoms with Crippen LogP contribution in [0.25, 0.3) is 0 Å². The van der Waals surface area contributed by atoms with Gasteiger partial charge in [0.15, 0.2) is 24.6 Å². The van der Waals surface area contributed by atoms with Gasteiger partial charge in [-0.2, -0.15) is 0 Å². The van der Waals surface area contributed by atoms with Crippen LogP contribution in [0.5, 0.6) is 0 Å². The van der Waals surface area contributed by atoms with Crippen molar-refractivity contribution in [1.82, 2.24) is 0 Å². The molecular formula is C31H40O12. The van der Waals surface area contributed by atoms with Gasteiger partial charge in [0.05, 0.1) is 19.8 Å². The third-order valence-electron chi connectivity index (χ3n) is 7.07. The molecule has 1 aromatic rings. The maximum atomic E-state index is 12.4. The smallest absolute Gasteiger partial charge is 0.303 e. The van der Waals surface area contributed by atoms with Crippen LogP contribution in [0.1, 0.15) is 53.0 Å². The number of carbonyl (C=O) groups is 5. The Balaban J connectivity index is 1.80. The first-order valence-corrected chi connectivity index (χ1v) is 14.2. The topological polar surface area (TPSA) is 150 Å². The van der Waals surface area contributed by atoms with Crippen molar-refractivity contribution in [2.24, 2.45) is 11.8 Å². The zero-order valence-corrected chi connectivity index (χ0v) is 25.1. The molecule has 1 aliphatic carbocycles. The number of Topliss-reactive ketones (excluding diaryl/α,β-unsaturated/α-hetero) is 1. The van der Waals surface area contributed by atoms with Gasteiger partial charge in [-0.15, -0.1) is 0 Å². The molecule has 0 saturated carbocycles. The van der Waals surface area contributed by atoms with Gasteiger partial charge in [0.1, 0.15) is 18.5 Å². The lowest BCUT2D eigenvalue weighted by atomic mass is 9.79. The third kappa shape index (κ3) is 10.6. The van der Waals surface area contributed by atoms with Crippen LogP contribution in [0, 0.1) is 11.8 Å². The number of hydrogen-bond acceptors (Lipinski definition) is 12. The van der Waals surface area contributed by atoms with Crippen molar-refractivity contribution in [1.29, 1.82) is 0 Å². The highest BCUT2D eigenvalue weighted by Gasteiger charge is 2.52. The lowest BCUT2D eigenvalue weighted by Crippen LogP contribution is -2.63. The van der Waals surface area contributed by atoms with Crippen LogP contribution in [-0.2, 0) is 63.7 Å². The highest BCUT2D eigenvalue weighted by molar-refractivity contribution is 5.79. The van der Waals surface area contributed by atoms with Gasteiger partial charge in [-0.05, 0) is 30.9 Å². The van der Waals surface area contributed by atoms with Gasteiger partial charge in [-0.25, -0.2) is 0 Å². The van der Waals surface area contributed by atoms with Crippen LogP contribution in [0.3, 0.4) is 0 Å². The number of ether oxygens (including phenoxy) is 7. The average Bonchev–Trinajstić information content (AvgIpc) is 2.93. The summed E-state index contributed by atoms with van der Waals surface area (Å²) in [6, 6.07) is 9.72. The van der Waals surface area contributed by atoms with Crippen LogP contribution in [0.2, 0.25) is 0 Å². The fraction of sp³-hybridized carbons (Fsp3) is 0.581. The van der Waals surface area contributed by atoms with E-state index < -0.39 is 54.6 Å². The lowest BCUT2D eigenvalue weighted by molar-refractivity contribution is -0.306. The molecular weight excluding hydrogens is 564 g/mol. The molecule has 12 nitrogen and oxygen atoms in total. The molecule has 0 radical (unpaired) electrons. The SMILES string of the molecule is CC(=O)OC[C@H]1O[C@@H](OCC2=CC(COCc3ccccc3)C(C(C)=O)CC2)[C@H](OC(C)=O)[C@@H](OC(C)=O)[C@@H]1OC(C)=O. The van der Waals surface area contributed by atoms with Crippen LogP contribution < -0.4 is 0 Å². The van der Waals surface area contributed by atoms with E-state index in [0.717, 1.165) is 25.0 Å². The minimum Gasteiger partial charge on any atom is -0.463 e. The van der Waals surface area contributed by atoms with Gasteiger partial charge < -0.3 is 33.2 Å². The Hall–Kier alpha value is -3.61. The molecule has 1 aliphatic heterocycles. The van der Waals surface area contributed by atoms with Gasteiger partial charge in [0, 0.05) is 39.5 Å². The van der Waals surface area contributed by atoms with Crippen molar-refractivity contribution >= 4 is 29.7 Å². The van der Waals surface area contributed by atoms with Crippen LogP contribution in [0.15, 0.2) is 42.0 Å². The molecule has 43 heavy (non-hydrogen) atoms. The average molecular weight is 605 g/mol. The van der Waals surface area contributed by atoms with E-state index in [2.05, 4.69) is 0 Å². The summed E-state index contributed by atoms with van der Waals surface area (Å²) in [6.45, 7) is 6.68. The molecule has 3 rings (SSSR count). The zero-order valence-electron chi connectivity index (χ0n) is 25.1. The van der Waals surface area contributed by atoms with E-state index in [4.69, 9.17) is 33.2 Å². The van der Waals surface area contributed by atoms with Gasteiger partial charge in [-0.3, -0.25) is 24.0 Å². The maximum absolute atomic E-state index is 12.4. The normalized spacial score (nSPS) is 26.9. The lowest BCUT2D eigenvalue weighted by Gasteiger charge is -2.44. The Labute approximate surface area is 250 Å². The monoisotopic (exact) mass is 604 g/mol. The van der Waals surface area contributed by atoms with Crippen molar-refractivity contribution < 1.29 is 57.1 Å². The summed E-state index contributed by atoms with van der Waals surface area (Å²) in [5.74, 6) is -3.07. The molecule has 12 heteroatoms. The van der Waals surface area contributed by atoms with Crippen molar-refractivity contribution in [3.8, 4) is 0 Å². The molecule has 0 aromatic heterocycles. The molecule has 2 aliphatic rings. The summed E-state index contributed by atoms with van der Waals surface area (Å²) in [4.78, 5) is 59.9. The summed E-state index contributed by atoms with van der Waals surface area (Å²) in [5, 5.41) is 0. The van der Waals surface area contributed by atoms with Crippen LogP contribution in [-0.4, -0.2) is 80.2 Å². The summed E-state index contributed by atoms with van der Waals surface area (Å²) in [6.07, 6.45) is -3.12. The Morgan fingerprint density at radius 1 is 0.767 bits per heavy atom. The number of hydrogen-bond donors (Lipinski definition) is 0. The molecule has 236 valence electrons. The Kier molecular flexibility index (Phi) is 12.8. The quantitative estimate of drug-likeness (QED) is 0.185. The molecule has 1 heterocycles. The summed E-state index contributed by atoms with van der Waals surface area (Å²) in [7, 11) is 0. The van der Waals surface area contributed by atoms with E-state index in [1.807, 2.05) is 36.4 Å². The van der Waals surface area contributed by atoms with Gasteiger partial charge >= 0.3 is 23.9 Å². The van der Waals surface area contributed by atoms with Crippen molar-refractivity contribution in [3.63, 3.8) is 0 Å². The highest BCUT2D eigenvalue weighted by Crippen LogP contribution is 2.33. The fourth-order valence-electron chi connectivity index (χ4n) is 5.25. The van der Waals surface area contributed by atoms with Crippen molar-refractivity contribution in [3.05, 3.63) is 47.5 Å². The van der Waals surface area contributed by atoms with E-state index in [1.165, 1.54) is 13.8 Å². The second-order valence-corrected chi connectivity index (χ2v) is 10.6. The first-order valence-electron chi connectivity index (χ1n) is 14.2. The third-order valence-corrected chi connectivity index (χ3v) is 7.07. The molecule has 7 atom stereocenters. The predicted octanol–water partition coefficient (Wildman–Crippen LogP) is 2.84. The van der Waals surface area contributed by atoms with E-state index in [-0.39, 0.29) is 30.8 Å². The Bertz CT molecular complexity index is 1160. The number of benzene rings is 1. The number of rotatable bonds is 13. The molecule has 0 N–H and O–H groups in total. The number of ketones is 1. The highest BCUT2D eigenvalue weighted by atomic mass is 16.7. The number of carbonyl (C=O) groups excluding carboxylic acids is 5. The van der Waals surface area contributed by atoms with Crippen LogP contribution >= 0.6 is 0 Å². The largest absolute Gasteiger partial charge is 0.463 e. The minimum atomic E-state index is -1.31. The second-order valence-electron chi connectivity index (χ2n) is 10.6. The van der Waals surface area contributed by atoms with Crippen molar-refractivity contribution in [2.75, 3.05) is 19.8 Å². The Morgan fingerprint density at radius 3 is 2.00 bits per heavy atom. The minimum absolute atomic E-state index is 0.0353. The van der Waals surface area contributed by atoms with E-state index >= 15 is 0 Å². The van der Waals surface area contributed by atoms with Gasteiger partial charge in [-0.1, -0.05) is 36.4 Å². The zero-order chi connectivity index (χ0) is 31.5. The Morgan fingerprint density at radius 2 is 1.40 bits per heavy atom. The second kappa shape index (κ2) is 16.3. The molecule has 0 amide bonds. The summed E-state index contributed by atoms with van der Waals surface area (Å²) >= 11 is 0. The van der Waals surface area contributed by atoms with E-state index in [0.29, 0.717) is 26.1 Å². The van der Waals surface area contributed by atoms with Crippen molar-refractivity contribution in [2.45, 2.75) is 84.8 Å². The predicted molar refractivity (Wildman–Crippen MR) is 149 cm³/mol. The first kappa shape index (κ1) is 33.9. The molecule has 1 aromatic carbocycles. The van der Waals surface area contributed by atoms with Gasteiger partial charge in [0.25, 0.3) is 0 Å². The maximum Gasteiger partial charge on any atom is 0.303 e. The fourth-order valence-corrected chi connectivity index (χ4v) is 5.25. The number of esters is 4. The molecule has 0 bridgehead atoms. The molecule has 1 fully saturated rings. The standard InChI is InChI=1S/C31H40O12/c1-18(32)26-12-11-24(13-25(26)16-37-14-23-9-7-6-8-10-23)15-39-31-30(42-22(5)36)29(41-21(4)35)28(40-20(3)34)27(43-31)17-38-19(2)33/h6-10,13,25-31H,11-12,14-17H2,1-5H3/t25?,26?,27-,28-,29+,30-,31-/m1/s1. The van der Waals surface area contributed by atoms with Gasteiger partial charge in [0.2, 0.25) is 0 Å². The first-order chi connectivity index (χ1) is 20.4. The summed E-state index contributed by atoms with van der Waals surface area (Å²) in [5.41, 5.74) is 1.90. The molecule has 1 saturated heterocycles.